The number of carbonyl (C=O) groups is 1. The van der Waals surface area contributed by atoms with E-state index in [2.05, 4.69) is 17.1 Å². The number of aromatic nitrogens is 3. The van der Waals surface area contributed by atoms with Gasteiger partial charge in [0.25, 0.3) is 0 Å². The summed E-state index contributed by atoms with van der Waals surface area (Å²) in [5.74, 6) is 0.605. The molecule has 136 valence electrons. The molecule has 3 heterocycles. The van der Waals surface area contributed by atoms with Crippen LogP contribution >= 0.6 is 11.8 Å². The lowest BCUT2D eigenvalue weighted by molar-refractivity contribution is -0.138. The van der Waals surface area contributed by atoms with Gasteiger partial charge in [0.15, 0.2) is 10.8 Å². The van der Waals surface area contributed by atoms with Gasteiger partial charge in [-0.15, -0.1) is 10.2 Å². The van der Waals surface area contributed by atoms with Crippen molar-refractivity contribution in [3.63, 3.8) is 0 Å². The first kappa shape index (κ1) is 18.0. The minimum atomic E-state index is -4.44. The first-order valence-electron chi connectivity index (χ1n) is 8.13. The molecule has 1 fully saturated rings. The number of piperidine rings is 1. The zero-order chi connectivity index (χ0) is 18.2. The molecule has 3 rings (SSSR count). The minimum absolute atomic E-state index is 0.0133. The molecule has 0 N–H and O–H groups in total. The molecule has 5 nitrogen and oxygen atoms in total. The van der Waals surface area contributed by atoms with Crippen LogP contribution in [0.2, 0.25) is 0 Å². The van der Waals surface area contributed by atoms with Gasteiger partial charge >= 0.3 is 6.18 Å². The normalized spacial score (nSPS) is 17.9. The summed E-state index contributed by atoms with van der Waals surface area (Å²) in [5, 5.41) is 7.66. The van der Waals surface area contributed by atoms with Crippen LogP contribution in [-0.2, 0) is 11.0 Å². The largest absolute Gasteiger partial charge is 0.417 e. The van der Waals surface area contributed by atoms with Crippen molar-refractivity contribution >= 4 is 23.3 Å². The highest BCUT2D eigenvalue weighted by Crippen LogP contribution is 2.31. The summed E-state index contributed by atoms with van der Waals surface area (Å²) in [7, 11) is 0. The molecule has 2 aromatic rings. The molecule has 0 radical (unpaired) electrons. The molecule has 1 aliphatic rings. The van der Waals surface area contributed by atoms with E-state index in [0.717, 1.165) is 50.0 Å². The number of alkyl halides is 3. The summed E-state index contributed by atoms with van der Waals surface area (Å²) < 4.78 is 40.0. The summed E-state index contributed by atoms with van der Waals surface area (Å²) in [6.45, 7) is 5.37. The Balaban J connectivity index is 1.76. The number of likely N-dealkylation sites (tertiary alicyclic amines) is 1. The molecule has 1 atom stereocenters. The molecule has 1 aliphatic heterocycles. The molecule has 25 heavy (non-hydrogen) atoms. The van der Waals surface area contributed by atoms with E-state index < -0.39 is 17.0 Å². The average Bonchev–Trinajstić information content (AvgIpc) is 2.96. The fraction of sp³-hybridized carbons (Fsp3) is 0.562. The standard InChI is InChI=1S/C16H19F3N4OS/c1-10-5-7-22(8-6-10)14(24)11(2)25-15-21-20-13-4-3-12(9-23(13)15)16(17,18)19/h3-4,9-11H,5-8H2,1-2H3. The summed E-state index contributed by atoms with van der Waals surface area (Å²) in [6.07, 6.45) is -1.51. The van der Waals surface area contributed by atoms with Gasteiger partial charge in [-0.1, -0.05) is 18.7 Å². The van der Waals surface area contributed by atoms with Crippen LogP contribution in [0, 0.1) is 5.92 Å². The Kier molecular flexibility index (Phi) is 4.95. The molecular weight excluding hydrogens is 353 g/mol. The first-order valence-corrected chi connectivity index (χ1v) is 9.01. The molecule has 0 saturated carbocycles. The highest BCUT2D eigenvalue weighted by atomic mass is 32.2. The Bertz CT molecular complexity index is 768. The van der Waals surface area contributed by atoms with Crippen LogP contribution in [-0.4, -0.2) is 43.7 Å². The van der Waals surface area contributed by atoms with Crippen LogP contribution in [0.4, 0.5) is 13.2 Å². The van der Waals surface area contributed by atoms with Gasteiger partial charge in [0.2, 0.25) is 5.91 Å². The topological polar surface area (TPSA) is 50.5 Å². The van der Waals surface area contributed by atoms with Gasteiger partial charge in [0, 0.05) is 19.3 Å². The smallest absolute Gasteiger partial charge is 0.342 e. The quantitative estimate of drug-likeness (QED) is 0.774. The third kappa shape index (κ3) is 3.91. The number of rotatable bonds is 3. The molecule has 1 amide bonds. The third-order valence-corrected chi connectivity index (χ3v) is 5.47. The lowest BCUT2D eigenvalue weighted by Crippen LogP contribution is -2.41. The molecule has 2 aromatic heterocycles. The van der Waals surface area contributed by atoms with E-state index in [9.17, 15) is 18.0 Å². The van der Waals surface area contributed by atoms with Crippen molar-refractivity contribution in [2.45, 2.75) is 43.3 Å². The van der Waals surface area contributed by atoms with E-state index in [4.69, 9.17) is 0 Å². The molecular formula is C16H19F3N4OS. The van der Waals surface area contributed by atoms with Crippen molar-refractivity contribution in [3.05, 3.63) is 23.9 Å². The number of nitrogens with zero attached hydrogens (tertiary/aromatic N) is 4. The van der Waals surface area contributed by atoms with E-state index in [1.165, 1.54) is 10.5 Å². The maximum Gasteiger partial charge on any atom is 0.417 e. The Morgan fingerprint density at radius 1 is 1.28 bits per heavy atom. The van der Waals surface area contributed by atoms with E-state index in [1.807, 2.05) is 4.90 Å². The Hall–Kier alpha value is -1.77. The summed E-state index contributed by atoms with van der Waals surface area (Å²) in [4.78, 5) is 14.4. The lowest BCUT2D eigenvalue weighted by atomic mass is 9.99. The predicted molar refractivity (Wildman–Crippen MR) is 88.3 cm³/mol. The maximum absolute atomic E-state index is 12.9. The number of pyridine rings is 1. The minimum Gasteiger partial charge on any atom is -0.342 e. The number of fused-ring (bicyclic) bond motifs is 1. The predicted octanol–water partition coefficient (Wildman–Crippen LogP) is 3.49. The van der Waals surface area contributed by atoms with Crippen LogP contribution < -0.4 is 0 Å². The van der Waals surface area contributed by atoms with Gasteiger partial charge in [-0.25, -0.2) is 0 Å². The molecule has 9 heteroatoms. The van der Waals surface area contributed by atoms with E-state index in [1.54, 1.807) is 6.92 Å². The third-order valence-electron chi connectivity index (χ3n) is 4.42. The number of hydrogen-bond acceptors (Lipinski definition) is 4. The number of hydrogen-bond donors (Lipinski definition) is 0. The zero-order valence-corrected chi connectivity index (χ0v) is 14.8. The van der Waals surface area contributed by atoms with Crippen molar-refractivity contribution in [2.75, 3.05) is 13.1 Å². The molecule has 0 aliphatic carbocycles. The van der Waals surface area contributed by atoms with Gasteiger partial charge in [-0.3, -0.25) is 9.20 Å². The number of carbonyl (C=O) groups excluding carboxylic acids is 1. The molecule has 1 unspecified atom stereocenters. The highest BCUT2D eigenvalue weighted by molar-refractivity contribution is 8.00. The monoisotopic (exact) mass is 372 g/mol. The zero-order valence-electron chi connectivity index (χ0n) is 14.0. The Morgan fingerprint density at radius 2 is 1.96 bits per heavy atom. The van der Waals surface area contributed by atoms with Gasteiger partial charge in [-0.05, 0) is 37.8 Å². The lowest BCUT2D eigenvalue weighted by Gasteiger charge is -2.31. The van der Waals surface area contributed by atoms with Crippen LogP contribution in [0.3, 0.4) is 0 Å². The van der Waals surface area contributed by atoms with Gasteiger partial charge in [0.05, 0.1) is 10.8 Å². The highest BCUT2D eigenvalue weighted by Gasteiger charge is 2.32. The molecule has 0 aromatic carbocycles. The van der Waals surface area contributed by atoms with Gasteiger partial charge in [0.1, 0.15) is 0 Å². The maximum atomic E-state index is 12.9. The molecule has 1 saturated heterocycles. The van der Waals surface area contributed by atoms with Gasteiger partial charge < -0.3 is 4.90 Å². The van der Waals surface area contributed by atoms with Crippen LogP contribution in [0.25, 0.3) is 5.65 Å². The average molecular weight is 372 g/mol. The van der Waals surface area contributed by atoms with Crippen molar-refractivity contribution in [1.29, 1.82) is 0 Å². The summed E-state index contributed by atoms with van der Waals surface area (Å²) >= 11 is 1.13. The molecule has 0 spiro atoms. The first-order chi connectivity index (χ1) is 11.8. The van der Waals surface area contributed by atoms with E-state index in [-0.39, 0.29) is 11.1 Å². The summed E-state index contributed by atoms with van der Waals surface area (Å²) in [6, 6.07) is 2.25. The van der Waals surface area contributed by atoms with Crippen LogP contribution in [0.5, 0.6) is 0 Å². The molecule has 0 bridgehead atoms. The van der Waals surface area contributed by atoms with Gasteiger partial charge in [-0.2, -0.15) is 13.2 Å². The van der Waals surface area contributed by atoms with Crippen LogP contribution in [0.1, 0.15) is 32.3 Å². The number of thioether (sulfide) groups is 1. The fourth-order valence-electron chi connectivity index (χ4n) is 2.81. The number of halogens is 3. The fourth-order valence-corrected chi connectivity index (χ4v) is 3.73. The SMILES string of the molecule is CC1CCN(C(=O)C(C)Sc2nnc3ccc(C(F)(F)F)cn23)CC1. The second kappa shape index (κ2) is 6.86. The van der Waals surface area contributed by atoms with Crippen molar-refractivity contribution in [2.24, 2.45) is 5.92 Å². The Labute approximate surface area is 147 Å². The second-order valence-corrected chi connectivity index (χ2v) is 7.70. The van der Waals surface area contributed by atoms with Crippen LogP contribution in [0.15, 0.2) is 23.5 Å². The van der Waals surface area contributed by atoms with E-state index in [0.29, 0.717) is 11.6 Å². The van der Waals surface area contributed by atoms with Crippen molar-refractivity contribution in [1.82, 2.24) is 19.5 Å². The van der Waals surface area contributed by atoms with Crippen molar-refractivity contribution in [3.8, 4) is 0 Å². The van der Waals surface area contributed by atoms with E-state index >= 15 is 0 Å². The second-order valence-electron chi connectivity index (χ2n) is 6.39. The number of amides is 1. The Morgan fingerprint density at radius 3 is 2.60 bits per heavy atom. The summed E-state index contributed by atoms with van der Waals surface area (Å²) in [5.41, 5.74) is -0.451. The van der Waals surface area contributed by atoms with Crippen molar-refractivity contribution < 1.29 is 18.0 Å².